The van der Waals surface area contributed by atoms with Crippen LogP contribution in [0, 0.1) is 22.8 Å². The lowest BCUT2D eigenvalue weighted by Gasteiger charge is -2.26. The van der Waals surface area contributed by atoms with Crippen molar-refractivity contribution in [3.05, 3.63) is 47.8 Å². The second-order valence-corrected chi connectivity index (χ2v) is 4.19. The third-order valence-electron chi connectivity index (χ3n) is 2.57. The number of rotatable bonds is 2. The van der Waals surface area contributed by atoms with Crippen molar-refractivity contribution in [2.24, 2.45) is 4.99 Å². The average molecular weight is 272 g/mol. The van der Waals surface area contributed by atoms with Gasteiger partial charge in [0, 0.05) is 6.20 Å². The molecule has 1 aliphatic heterocycles. The molecule has 6 heteroatoms. The second kappa shape index (κ2) is 5.90. The first-order valence-electron chi connectivity index (χ1n) is 5.54. The average Bonchev–Trinajstić information content (AvgIpc) is 2.46. The molecule has 0 aromatic heterocycles. The van der Waals surface area contributed by atoms with Crippen LogP contribution >= 0.6 is 11.6 Å². The summed E-state index contributed by atoms with van der Waals surface area (Å²) in [5.41, 5.74) is 0.425. The molecule has 1 unspecified atom stereocenters. The number of allylic oxidation sites excluding steroid dienone is 1. The van der Waals surface area contributed by atoms with Crippen molar-refractivity contribution >= 4 is 17.4 Å². The van der Waals surface area contributed by atoms with Gasteiger partial charge in [0.15, 0.2) is 11.7 Å². The SMILES string of the molecule is N#CC1=CNC(=NCc2ccccc2)C(Cl)N1C#N. The lowest BCUT2D eigenvalue weighted by atomic mass is 10.2. The maximum absolute atomic E-state index is 8.98. The molecule has 0 amide bonds. The normalized spacial score (nSPS) is 20.2. The van der Waals surface area contributed by atoms with Gasteiger partial charge in [-0.1, -0.05) is 41.9 Å². The number of benzene rings is 1. The van der Waals surface area contributed by atoms with E-state index in [1.807, 2.05) is 42.6 Å². The van der Waals surface area contributed by atoms with Crippen LogP contribution in [0.3, 0.4) is 0 Å². The molecule has 0 spiro atoms. The molecule has 2 rings (SSSR count). The Morgan fingerprint density at radius 3 is 2.68 bits per heavy atom. The highest BCUT2D eigenvalue weighted by molar-refractivity contribution is 6.32. The second-order valence-electron chi connectivity index (χ2n) is 3.78. The third-order valence-corrected chi connectivity index (χ3v) is 2.97. The lowest BCUT2D eigenvalue weighted by Crippen LogP contribution is -2.43. The molecule has 0 radical (unpaired) electrons. The summed E-state index contributed by atoms with van der Waals surface area (Å²) in [5, 5.41) is 20.7. The van der Waals surface area contributed by atoms with Gasteiger partial charge in [-0.3, -0.25) is 4.99 Å². The van der Waals surface area contributed by atoms with E-state index in [0.29, 0.717) is 12.4 Å². The molecule has 1 aromatic rings. The number of hydrogen-bond donors (Lipinski definition) is 1. The Morgan fingerprint density at radius 2 is 2.05 bits per heavy atom. The zero-order valence-electron chi connectivity index (χ0n) is 9.92. The molecule has 1 heterocycles. The summed E-state index contributed by atoms with van der Waals surface area (Å²) in [4.78, 5) is 5.44. The highest BCUT2D eigenvalue weighted by atomic mass is 35.5. The van der Waals surface area contributed by atoms with Crippen molar-refractivity contribution in [1.29, 1.82) is 10.5 Å². The van der Waals surface area contributed by atoms with Crippen LogP contribution in [0.2, 0.25) is 0 Å². The summed E-state index contributed by atoms with van der Waals surface area (Å²) in [6, 6.07) is 11.6. The summed E-state index contributed by atoms with van der Waals surface area (Å²) >= 11 is 6.11. The van der Waals surface area contributed by atoms with E-state index in [9.17, 15) is 0 Å². The predicted octanol–water partition coefficient (Wildman–Crippen LogP) is 1.90. The molecule has 5 nitrogen and oxygen atoms in total. The van der Waals surface area contributed by atoms with Gasteiger partial charge < -0.3 is 5.32 Å². The highest BCUT2D eigenvalue weighted by Gasteiger charge is 2.27. The van der Waals surface area contributed by atoms with Crippen molar-refractivity contribution in [3.63, 3.8) is 0 Å². The van der Waals surface area contributed by atoms with Gasteiger partial charge in [0.05, 0.1) is 6.54 Å². The van der Waals surface area contributed by atoms with E-state index in [-0.39, 0.29) is 5.70 Å². The van der Waals surface area contributed by atoms with Crippen LogP contribution in [0.15, 0.2) is 47.2 Å². The number of nitriles is 2. The summed E-state index contributed by atoms with van der Waals surface area (Å²) < 4.78 is 0. The zero-order chi connectivity index (χ0) is 13.7. The fourth-order valence-electron chi connectivity index (χ4n) is 1.60. The minimum absolute atomic E-state index is 0.168. The summed E-state index contributed by atoms with van der Waals surface area (Å²) in [7, 11) is 0. The van der Waals surface area contributed by atoms with E-state index in [2.05, 4.69) is 10.3 Å². The Labute approximate surface area is 116 Å². The first kappa shape index (κ1) is 12.9. The number of hydrogen-bond acceptors (Lipinski definition) is 4. The highest BCUT2D eigenvalue weighted by Crippen LogP contribution is 2.16. The fraction of sp³-hybridized carbons (Fsp3) is 0.154. The van der Waals surface area contributed by atoms with Gasteiger partial charge in [0.1, 0.15) is 17.6 Å². The van der Waals surface area contributed by atoms with Crippen LogP contribution in [0.1, 0.15) is 5.56 Å². The summed E-state index contributed by atoms with van der Waals surface area (Å²) in [6.07, 6.45) is 3.30. The smallest absolute Gasteiger partial charge is 0.186 e. The van der Waals surface area contributed by atoms with Crippen molar-refractivity contribution < 1.29 is 0 Å². The van der Waals surface area contributed by atoms with Crippen LogP contribution in [0.5, 0.6) is 0 Å². The molecule has 0 bridgehead atoms. The fourth-order valence-corrected chi connectivity index (χ4v) is 1.88. The van der Waals surface area contributed by atoms with E-state index < -0.39 is 5.50 Å². The molecular formula is C13H10ClN5. The molecule has 0 saturated carbocycles. The van der Waals surface area contributed by atoms with Gasteiger partial charge in [-0.25, -0.2) is 4.90 Å². The number of aliphatic imine (C=N–C) groups is 1. The van der Waals surface area contributed by atoms with E-state index in [0.717, 1.165) is 10.5 Å². The minimum atomic E-state index is -0.784. The molecule has 0 saturated heterocycles. The predicted molar refractivity (Wildman–Crippen MR) is 71.5 cm³/mol. The number of alkyl halides is 1. The Morgan fingerprint density at radius 1 is 1.32 bits per heavy atom. The van der Waals surface area contributed by atoms with Crippen molar-refractivity contribution in [3.8, 4) is 12.3 Å². The van der Waals surface area contributed by atoms with Gasteiger partial charge >= 0.3 is 0 Å². The third kappa shape index (κ3) is 2.85. The van der Waals surface area contributed by atoms with E-state index >= 15 is 0 Å². The maximum atomic E-state index is 8.98. The zero-order valence-corrected chi connectivity index (χ0v) is 10.7. The van der Waals surface area contributed by atoms with Crippen molar-refractivity contribution in [1.82, 2.24) is 10.2 Å². The quantitative estimate of drug-likeness (QED) is 0.506. The number of nitrogens with one attached hydrogen (secondary N) is 1. The number of halogens is 1. The van der Waals surface area contributed by atoms with Gasteiger partial charge in [-0.15, -0.1) is 0 Å². The van der Waals surface area contributed by atoms with Crippen LogP contribution in [0.4, 0.5) is 0 Å². The first-order valence-corrected chi connectivity index (χ1v) is 5.98. The van der Waals surface area contributed by atoms with Crippen LogP contribution in [0.25, 0.3) is 0 Å². The lowest BCUT2D eigenvalue weighted by molar-refractivity contribution is 0.511. The molecule has 1 aliphatic rings. The molecule has 1 N–H and O–H groups in total. The van der Waals surface area contributed by atoms with Gasteiger partial charge in [-0.2, -0.15) is 10.5 Å². The molecule has 0 fully saturated rings. The van der Waals surface area contributed by atoms with E-state index in [1.165, 1.54) is 6.20 Å². The van der Waals surface area contributed by atoms with Crippen LogP contribution in [-0.4, -0.2) is 16.2 Å². The van der Waals surface area contributed by atoms with Gasteiger partial charge in [0.2, 0.25) is 0 Å². The Balaban J connectivity index is 2.17. The molecule has 1 aromatic carbocycles. The maximum Gasteiger partial charge on any atom is 0.186 e. The first-order chi connectivity index (χ1) is 9.26. The molecule has 19 heavy (non-hydrogen) atoms. The van der Waals surface area contributed by atoms with E-state index in [4.69, 9.17) is 22.1 Å². The van der Waals surface area contributed by atoms with Crippen molar-refractivity contribution in [2.45, 2.75) is 12.0 Å². The Hall–Kier alpha value is -2.50. The van der Waals surface area contributed by atoms with Crippen LogP contribution in [-0.2, 0) is 6.54 Å². The number of amidine groups is 1. The molecular weight excluding hydrogens is 262 g/mol. The largest absolute Gasteiger partial charge is 0.345 e. The summed E-state index contributed by atoms with van der Waals surface area (Å²) in [6.45, 7) is 0.460. The molecule has 1 atom stereocenters. The Bertz CT molecular complexity index is 594. The van der Waals surface area contributed by atoms with Gasteiger partial charge in [-0.05, 0) is 5.56 Å². The van der Waals surface area contributed by atoms with Crippen molar-refractivity contribution in [2.75, 3.05) is 0 Å². The standard InChI is InChI=1S/C13H10ClN5/c14-12-13(17-7-10-4-2-1-3-5-10)18-8-11(6-15)19(12)9-16/h1-5,8,12H,7H2,(H,17,18). The van der Waals surface area contributed by atoms with Gasteiger partial charge in [0.25, 0.3) is 0 Å². The minimum Gasteiger partial charge on any atom is -0.345 e. The number of nitrogens with zero attached hydrogens (tertiary/aromatic N) is 4. The molecule has 0 aliphatic carbocycles. The summed E-state index contributed by atoms with van der Waals surface area (Å²) in [5.74, 6) is 0.450. The molecule has 94 valence electrons. The topological polar surface area (TPSA) is 75.2 Å². The monoisotopic (exact) mass is 271 g/mol. The van der Waals surface area contributed by atoms with E-state index in [1.54, 1.807) is 0 Å². The van der Waals surface area contributed by atoms with Crippen LogP contribution < -0.4 is 5.32 Å². The Kier molecular flexibility index (Phi) is 4.02.